The zero-order valence-electron chi connectivity index (χ0n) is 19.7. The zero-order valence-corrected chi connectivity index (χ0v) is 20.6. The third-order valence-corrected chi connectivity index (χ3v) is 12.1. The smallest absolute Gasteiger partial charge is 0.123 e. The molecule has 0 N–H and O–H groups in total. The molecule has 4 aromatic rings. The van der Waals surface area contributed by atoms with Crippen LogP contribution in [0.15, 0.2) is 109 Å². The topological polar surface area (TPSA) is 9.23 Å². The van der Waals surface area contributed by atoms with Gasteiger partial charge < -0.3 is 4.74 Å². The van der Waals surface area contributed by atoms with Gasteiger partial charge in [0.15, 0.2) is 0 Å². The largest absolute Gasteiger partial charge is 0.493 e. The van der Waals surface area contributed by atoms with E-state index in [-0.39, 0.29) is 5.41 Å². The van der Waals surface area contributed by atoms with E-state index in [1.54, 1.807) is 0 Å². The average molecular weight is 452 g/mol. The standard InChI is InChI=1S/C31H32OP/c1-24(25-19-20-30-29(23-25)31(2,3)21-22-32-30)33(26-13-7-4-8-14-26,27-15-9-5-10-16-27)28-17-11-6-12-18-28/h4-20,23-24H,21-22H2,1-3H3/q+1. The molecule has 4 aromatic carbocycles. The van der Waals surface area contributed by atoms with Gasteiger partial charge in [0.05, 0.1) is 6.61 Å². The van der Waals surface area contributed by atoms with E-state index in [0.29, 0.717) is 5.66 Å². The first-order valence-corrected chi connectivity index (χ1v) is 13.7. The van der Waals surface area contributed by atoms with Crippen LogP contribution in [0.25, 0.3) is 0 Å². The summed E-state index contributed by atoms with van der Waals surface area (Å²) in [6, 6.07) is 40.4. The lowest BCUT2D eigenvalue weighted by atomic mass is 9.79. The van der Waals surface area contributed by atoms with Gasteiger partial charge in [-0.15, -0.1) is 0 Å². The molecule has 5 rings (SSSR count). The number of ether oxygens (including phenoxy) is 1. The quantitative estimate of drug-likeness (QED) is 0.303. The monoisotopic (exact) mass is 451 g/mol. The first-order valence-electron chi connectivity index (χ1n) is 11.9. The maximum atomic E-state index is 6.04. The highest BCUT2D eigenvalue weighted by atomic mass is 31.2. The molecule has 1 unspecified atom stereocenters. The van der Waals surface area contributed by atoms with Crippen LogP contribution in [0.2, 0.25) is 0 Å². The number of benzene rings is 4. The maximum Gasteiger partial charge on any atom is 0.123 e. The number of hydrogen-bond acceptors (Lipinski definition) is 1. The number of fused-ring (bicyclic) bond motifs is 1. The van der Waals surface area contributed by atoms with Crippen molar-refractivity contribution in [2.45, 2.75) is 38.3 Å². The molecule has 1 atom stereocenters. The summed E-state index contributed by atoms with van der Waals surface area (Å²) in [5, 5.41) is 4.26. The Morgan fingerprint density at radius 1 is 0.697 bits per heavy atom. The Morgan fingerprint density at radius 3 is 1.67 bits per heavy atom. The second-order valence-electron chi connectivity index (χ2n) is 9.64. The van der Waals surface area contributed by atoms with E-state index in [4.69, 9.17) is 4.74 Å². The molecule has 0 spiro atoms. The lowest BCUT2D eigenvalue weighted by molar-refractivity contribution is 0.234. The van der Waals surface area contributed by atoms with Crippen LogP contribution in [-0.2, 0) is 5.41 Å². The van der Waals surface area contributed by atoms with Crippen molar-refractivity contribution in [3.05, 3.63) is 120 Å². The molecule has 0 aliphatic carbocycles. The summed E-state index contributed by atoms with van der Waals surface area (Å²) in [6.45, 7) is 7.91. The van der Waals surface area contributed by atoms with Crippen LogP contribution in [0.3, 0.4) is 0 Å². The van der Waals surface area contributed by atoms with Gasteiger partial charge in [-0.3, -0.25) is 0 Å². The van der Waals surface area contributed by atoms with Crippen molar-refractivity contribution in [1.82, 2.24) is 0 Å². The van der Waals surface area contributed by atoms with Gasteiger partial charge in [0.2, 0.25) is 0 Å². The van der Waals surface area contributed by atoms with Gasteiger partial charge in [0.25, 0.3) is 0 Å². The van der Waals surface area contributed by atoms with E-state index >= 15 is 0 Å². The third kappa shape index (κ3) is 3.79. The molecule has 0 amide bonds. The maximum absolute atomic E-state index is 6.04. The molecular weight excluding hydrogens is 419 g/mol. The van der Waals surface area contributed by atoms with E-state index in [2.05, 4.69) is 130 Å². The molecule has 1 heterocycles. The molecule has 0 bridgehead atoms. The Kier molecular flexibility index (Phi) is 5.85. The lowest BCUT2D eigenvalue weighted by Gasteiger charge is -2.36. The molecule has 0 fully saturated rings. The van der Waals surface area contributed by atoms with E-state index in [1.807, 2.05) is 0 Å². The van der Waals surface area contributed by atoms with E-state index < -0.39 is 7.26 Å². The van der Waals surface area contributed by atoms with Crippen molar-refractivity contribution >= 4 is 23.2 Å². The summed E-state index contributed by atoms with van der Waals surface area (Å²) in [4.78, 5) is 0. The second kappa shape index (κ2) is 8.81. The van der Waals surface area contributed by atoms with Gasteiger partial charge >= 0.3 is 0 Å². The van der Waals surface area contributed by atoms with Crippen LogP contribution in [0.4, 0.5) is 0 Å². The summed E-state index contributed by atoms with van der Waals surface area (Å²) in [5.41, 5.74) is 3.16. The first-order chi connectivity index (χ1) is 16.0. The Hall–Kier alpha value is -2.89. The predicted octanol–water partition coefficient (Wildman–Crippen LogP) is 6.80. The molecule has 166 valence electrons. The van der Waals surface area contributed by atoms with Crippen molar-refractivity contribution in [2.75, 3.05) is 6.61 Å². The van der Waals surface area contributed by atoms with Gasteiger partial charge in [0, 0.05) is 5.56 Å². The van der Waals surface area contributed by atoms with Crippen LogP contribution >= 0.6 is 7.26 Å². The van der Waals surface area contributed by atoms with Crippen LogP contribution in [-0.4, -0.2) is 6.61 Å². The Labute approximate surface area is 198 Å². The van der Waals surface area contributed by atoms with Crippen LogP contribution in [0.1, 0.15) is 44.0 Å². The fourth-order valence-corrected chi connectivity index (χ4v) is 10.1. The van der Waals surface area contributed by atoms with Crippen LogP contribution in [0, 0.1) is 0 Å². The van der Waals surface area contributed by atoms with E-state index in [0.717, 1.165) is 18.8 Å². The summed E-state index contributed by atoms with van der Waals surface area (Å²) >= 11 is 0. The minimum absolute atomic E-state index is 0.122. The summed E-state index contributed by atoms with van der Waals surface area (Å²) in [7, 11) is -1.98. The Morgan fingerprint density at radius 2 is 1.18 bits per heavy atom. The molecule has 1 nitrogen and oxygen atoms in total. The first kappa shape index (κ1) is 21.9. The molecule has 2 heteroatoms. The zero-order chi connectivity index (χ0) is 22.9. The highest BCUT2D eigenvalue weighted by Gasteiger charge is 2.51. The van der Waals surface area contributed by atoms with E-state index in [1.165, 1.54) is 27.0 Å². The highest BCUT2D eigenvalue weighted by Crippen LogP contribution is 2.66. The summed E-state index contributed by atoms with van der Waals surface area (Å²) in [5.74, 6) is 1.05. The molecule has 33 heavy (non-hydrogen) atoms. The predicted molar refractivity (Wildman–Crippen MR) is 143 cm³/mol. The van der Waals surface area contributed by atoms with Gasteiger partial charge in [-0.1, -0.05) is 74.5 Å². The fourth-order valence-electron chi connectivity index (χ4n) is 5.34. The van der Waals surface area contributed by atoms with Crippen LogP contribution < -0.4 is 20.7 Å². The SMILES string of the molecule is CC(c1ccc2c(c1)C(C)(C)CCO2)[P+](c1ccccc1)(c1ccccc1)c1ccccc1. The van der Waals surface area contributed by atoms with Gasteiger partial charge in [-0.05, 0) is 72.9 Å². The van der Waals surface area contributed by atoms with Gasteiger partial charge in [0.1, 0.15) is 34.6 Å². The van der Waals surface area contributed by atoms with Crippen molar-refractivity contribution in [3.63, 3.8) is 0 Å². The minimum atomic E-state index is -1.98. The number of hydrogen-bond donors (Lipinski definition) is 0. The third-order valence-electron chi connectivity index (χ3n) is 7.27. The lowest BCUT2D eigenvalue weighted by Crippen LogP contribution is -2.34. The Bertz CT molecular complexity index is 1120. The van der Waals surface area contributed by atoms with Crippen molar-refractivity contribution in [2.24, 2.45) is 0 Å². The molecule has 1 aliphatic rings. The molecule has 0 radical (unpaired) electrons. The van der Waals surface area contributed by atoms with Crippen molar-refractivity contribution < 1.29 is 4.74 Å². The number of rotatable bonds is 5. The summed E-state index contributed by atoms with van der Waals surface area (Å²) < 4.78 is 6.04. The molecule has 0 aromatic heterocycles. The normalized spacial score (nSPS) is 15.8. The highest BCUT2D eigenvalue weighted by molar-refractivity contribution is 7.95. The van der Waals surface area contributed by atoms with E-state index in [9.17, 15) is 0 Å². The fraction of sp³-hybridized carbons (Fsp3) is 0.226. The molecule has 0 saturated carbocycles. The molecule has 0 saturated heterocycles. The Balaban J connectivity index is 1.78. The second-order valence-corrected chi connectivity index (χ2v) is 13.4. The average Bonchev–Trinajstić information content (AvgIpc) is 2.86. The summed E-state index contributed by atoms with van der Waals surface area (Å²) in [6.07, 6.45) is 1.05. The van der Waals surface area contributed by atoms with Crippen molar-refractivity contribution in [3.8, 4) is 5.75 Å². The minimum Gasteiger partial charge on any atom is -0.493 e. The van der Waals surface area contributed by atoms with Crippen molar-refractivity contribution in [1.29, 1.82) is 0 Å². The molecular formula is C31H32OP+. The van der Waals surface area contributed by atoms with Gasteiger partial charge in [-0.2, -0.15) is 0 Å². The van der Waals surface area contributed by atoms with Gasteiger partial charge in [-0.25, -0.2) is 0 Å². The molecule has 1 aliphatic heterocycles. The van der Waals surface area contributed by atoms with Crippen LogP contribution in [0.5, 0.6) is 5.75 Å².